The standard InChI is InChI=1S/C18H27N3O2/c1-4-19-18(23)21-16(12(2)3)17(22)20-15-11-7-9-13-8-5-6-10-14(13)15/h5-6,8,10,12,15-16H,4,7,9,11H2,1-3H3,(H,20,22)(H2,19,21,23). The Kier molecular flexibility index (Phi) is 6.02. The zero-order chi connectivity index (χ0) is 16.8. The highest BCUT2D eigenvalue weighted by atomic mass is 16.2. The van der Waals surface area contributed by atoms with Crippen LogP contribution in [0, 0.1) is 5.92 Å². The van der Waals surface area contributed by atoms with Crippen LogP contribution in [0.2, 0.25) is 0 Å². The fraction of sp³-hybridized carbons (Fsp3) is 0.556. The van der Waals surface area contributed by atoms with Crippen molar-refractivity contribution >= 4 is 11.9 Å². The van der Waals surface area contributed by atoms with Gasteiger partial charge in [-0.3, -0.25) is 4.79 Å². The molecule has 1 aliphatic rings. The van der Waals surface area contributed by atoms with Gasteiger partial charge in [0.25, 0.3) is 0 Å². The minimum Gasteiger partial charge on any atom is -0.347 e. The van der Waals surface area contributed by atoms with E-state index in [1.807, 2.05) is 32.9 Å². The average molecular weight is 317 g/mol. The summed E-state index contributed by atoms with van der Waals surface area (Å²) in [6.45, 7) is 6.26. The SMILES string of the molecule is CCNC(=O)NC(C(=O)NC1CCCc2ccccc21)C(C)C. The maximum absolute atomic E-state index is 12.6. The normalized spacial score (nSPS) is 18.0. The molecule has 2 atom stereocenters. The van der Waals surface area contributed by atoms with Gasteiger partial charge in [-0.05, 0) is 43.2 Å². The Balaban J connectivity index is 2.06. The second kappa shape index (κ2) is 7.99. The summed E-state index contributed by atoms with van der Waals surface area (Å²) in [6.07, 6.45) is 3.07. The number of rotatable bonds is 5. The van der Waals surface area contributed by atoms with Crippen LogP contribution in [0.15, 0.2) is 24.3 Å². The number of amides is 3. The fourth-order valence-electron chi connectivity index (χ4n) is 3.05. The van der Waals surface area contributed by atoms with Crippen molar-refractivity contribution in [1.82, 2.24) is 16.0 Å². The lowest BCUT2D eigenvalue weighted by Gasteiger charge is -2.29. The molecule has 5 heteroatoms. The number of hydrogen-bond acceptors (Lipinski definition) is 2. The highest BCUT2D eigenvalue weighted by Crippen LogP contribution is 2.29. The Morgan fingerprint density at radius 1 is 1.26 bits per heavy atom. The predicted octanol–water partition coefficient (Wildman–Crippen LogP) is 2.52. The van der Waals surface area contributed by atoms with Crippen molar-refractivity contribution in [2.45, 2.75) is 52.1 Å². The molecule has 3 N–H and O–H groups in total. The van der Waals surface area contributed by atoms with Crippen LogP contribution < -0.4 is 16.0 Å². The highest BCUT2D eigenvalue weighted by Gasteiger charge is 2.28. The van der Waals surface area contributed by atoms with Gasteiger partial charge in [0, 0.05) is 6.54 Å². The first-order valence-corrected chi connectivity index (χ1v) is 8.45. The Hall–Kier alpha value is -2.04. The van der Waals surface area contributed by atoms with Crippen LogP contribution in [0.1, 0.15) is 50.8 Å². The van der Waals surface area contributed by atoms with Crippen LogP contribution >= 0.6 is 0 Å². The molecule has 3 amide bonds. The van der Waals surface area contributed by atoms with E-state index in [1.165, 1.54) is 11.1 Å². The lowest BCUT2D eigenvalue weighted by molar-refractivity contribution is -0.124. The van der Waals surface area contributed by atoms with E-state index in [4.69, 9.17) is 0 Å². The van der Waals surface area contributed by atoms with Crippen LogP contribution in [0.4, 0.5) is 4.79 Å². The maximum atomic E-state index is 12.6. The molecule has 0 spiro atoms. The Labute approximate surface area is 138 Å². The van der Waals surface area contributed by atoms with E-state index in [2.05, 4.69) is 28.1 Å². The van der Waals surface area contributed by atoms with Gasteiger partial charge in [0.15, 0.2) is 0 Å². The van der Waals surface area contributed by atoms with Crippen LogP contribution in [0.5, 0.6) is 0 Å². The quantitative estimate of drug-likeness (QED) is 0.781. The summed E-state index contributed by atoms with van der Waals surface area (Å²) in [7, 11) is 0. The first-order chi connectivity index (χ1) is 11.0. The minimum absolute atomic E-state index is 0.0245. The fourth-order valence-corrected chi connectivity index (χ4v) is 3.05. The summed E-state index contributed by atoms with van der Waals surface area (Å²) in [4.78, 5) is 24.4. The molecule has 0 fully saturated rings. The first-order valence-electron chi connectivity index (χ1n) is 8.45. The van der Waals surface area contributed by atoms with Crippen molar-refractivity contribution in [3.05, 3.63) is 35.4 Å². The lowest BCUT2D eigenvalue weighted by Crippen LogP contribution is -2.53. The molecule has 1 aliphatic carbocycles. The lowest BCUT2D eigenvalue weighted by atomic mass is 9.87. The molecule has 0 radical (unpaired) electrons. The number of fused-ring (bicyclic) bond motifs is 1. The van der Waals surface area contributed by atoms with Crippen molar-refractivity contribution in [2.24, 2.45) is 5.92 Å². The van der Waals surface area contributed by atoms with Crippen molar-refractivity contribution in [1.29, 1.82) is 0 Å². The van der Waals surface area contributed by atoms with Gasteiger partial charge >= 0.3 is 6.03 Å². The van der Waals surface area contributed by atoms with Gasteiger partial charge in [-0.2, -0.15) is 0 Å². The second-order valence-electron chi connectivity index (χ2n) is 6.38. The average Bonchev–Trinajstić information content (AvgIpc) is 2.53. The molecular formula is C18H27N3O2. The third-order valence-corrected chi connectivity index (χ3v) is 4.26. The largest absolute Gasteiger partial charge is 0.347 e. The van der Waals surface area contributed by atoms with E-state index in [9.17, 15) is 9.59 Å². The number of urea groups is 1. The molecule has 23 heavy (non-hydrogen) atoms. The van der Waals surface area contributed by atoms with Gasteiger partial charge in [0.2, 0.25) is 5.91 Å². The maximum Gasteiger partial charge on any atom is 0.315 e. The van der Waals surface area contributed by atoms with Gasteiger partial charge in [0.05, 0.1) is 6.04 Å². The smallest absolute Gasteiger partial charge is 0.315 e. The van der Waals surface area contributed by atoms with Gasteiger partial charge in [-0.15, -0.1) is 0 Å². The Morgan fingerprint density at radius 3 is 2.70 bits per heavy atom. The van der Waals surface area contributed by atoms with Crippen molar-refractivity contribution in [3.8, 4) is 0 Å². The van der Waals surface area contributed by atoms with Crippen LogP contribution in [-0.2, 0) is 11.2 Å². The van der Waals surface area contributed by atoms with E-state index in [1.54, 1.807) is 0 Å². The summed E-state index contributed by atoms with van der Waals surface area (Å²) in [5, 5.41) is 8.57. The third kappa shape index (κ3) is 4.47. The van der Waals surface area contributed by atoms with Crippen LogP contribution in [0.25, 0.3) is 0 Å². The number of aryl methyl sites for hydroxylation is 1. The van der Waals surface area contributed by atoms with Gasteiger partial charge < -0.3 is 16.0 Å². The highest BCUT2D eigenvalue weighted by molar-refractivity contribution is 5.87. The van der Waals surface area contributed by atoms with Gasteiger partial charge in [0.1, 0.15) is 6.04 Å². The zero-order valence-corrected chi connectivity index (χ0v) is 14.2. The summed E-state index contributed by atoms with van der Waals surface area (Å²) < 4.78 is 0. The minimum atomic E-state index is -0.532. The zero-order valence-electron chi connectivity index (χ0n) is 14.2. The molecule has 5 nitrogen and oxygen atoms in total. The molecule has 0 aliphatic heterocycles. The van der Waals surface area contributed by atoms with Crippen molar-refractivity contribution < 1.29 is 9.59 Å². The van der Waals surface area contributed by atoms with E-state index < -0.39 is 6.04 Å². The molecule has 0 heterocycles. The van der Waals surface area contributed by atoms with E-state index in [-0.39, 0.29) is 23.9 Å². The molecule has 0 saturated heterocycles. The van der Waals surface area contributed by atoms with Gasteiger partial charge in [-0.25, -0.2) is 4.79 Å². The van der Waals surface area contributed by atoms with Gasteiger partial charge in [-0.1, -0.05) is 38.1 Å². The first kappa shape index (κ1) is 17.3. The summed E-state index contributed by atoms with van der Waals surface area (Å²) in [5.74, 6) is -0.0932. The van der Waals surface area contributed by atoms with Crippen molar-refractivity contribution in [2.75, 3.05) is 6.54 Å². The molecule has 2 unspecified atom stereocenters. The summed E-state index contributed by atoms with van der Waals surface area (Å²) in [5.41, 5.74) is 2.51. The number of nitrogens with one attached hydrogen (secondary N) is 3. The molecule has 1 aromatic rings. The van der Waals surface area contributed by atoms with E-state index in [0.717, 1.165) is 19.3 Å². The van der Waals surface area contributed by atoms with E-state index >= 15 is 0 Å². The summed E-state index contributed by atoms with van der Waals surface area (Å²) in [6, 6.07) is 7.46. The predicted molar refractivity (Wildman–Crippen MR) is 91.1 cm³/mol. The molecule has 1 aromatic carbocycles. The molecule has 2 rings (SSSR count). The van der Waals surface area contributed by atoms with Crippen LogP contribution in [-0.4, -0.2) is 24.5 Å². The van der Waals surface area contributed by atoms with Crippen molar-refractivity contribution in [3.63, 3.8) is 0 Å². The third-order valence-electron chi connectivity index (χ3n) is 4.26. The monoisotopic (exact) mass is 317 g/mol. The Morgan fingerprint density at radius 2 is 2.00 bits per heavy atom. The topological polar surface area (TPSA) is 70.2 Å². The van der Waals surface area contributed by atoms with E-state index in [0.29, 0.717) is 6.54 Å². The second-order valence-corrected chi connectivity index (χ2v) is 6.38. The summed E-state index contributed by atoms with van der Waals surface area (Å²) >= 11 is 0. The molecule has 0 aromatic heterocycles. The molecule has 126 valence electrons. The molecular weight excluding hydrogens is 290 g/mol. The number of benzene rings is 1. The Bertz CT molecular complexity index is 557. The number of hydrogen-bond donors (Lipinski definition) is 3. The molecule has 0 bridgehead atoms. The molecule has 0 saturated carbocycles. The van der Waals surface area contributed by atoms with Crippen LogP contribution in [0.3, 0.4) is 0 Å². The number of carbonyl (C=O) groups excluding carboxylic acids is 2. The number of carbonyl (C=O) groups is 2.